The summed E-state index contributed by atoms with van der Waals surface area (Å²) in [6.45, 7) is 5.58. The van der Waals surface area contributed by atoms with E-state index >= 15 is 0 Å². The van der Waals surface area contributed by atoms with Gasteiger partial charge in [-0.1, -0.05) is 32.0 Å². The maximum atomic E-state index is 13.5. The number of methoxy groups -OCH3 is 1. The number of nitrogens with one attached hydrogen (secondary N) is 1. The van der Waals surface area contributed by atoms with Crippen molar-refractivity contribution in [1.82, 2.24) is 15.1 Å². The zero-order valence-electron chi connectivity index (χ0n) is 21.7. The Morgan fingerprint density at radius 2 is 1.95 bits per heavy atom. The van der Waals surface area contributed by atoms with E-state index in [-0.39, 0.29) is 29.6 Å². The molecule has 2 aromatic rings. The first kappa shape index (κ1) is 27.9. The van der Waals surface area contributed by atoms with E-state index in [2.05, 4.69) is 21.3 Å². The molecule has 0 bridgehead atoms. The molecule has 0 aliphatic carbocycles. The van der Waals surface area contributed by atoms with Gasteiger partial charge in [0.2, 0.25) is 0 Å². The summed E-state index contributed by atoms with van der Waals surface area (Å²) in [4.78, 5) is 47.5. The Kier molecular flexibility index (Phi) is 9.80. The molecule has 1 aromatic heterocycles. The van der Waals surface area contributed by atoms with Crippen molar-refractivity contribution in [3.05, 3.63) is 51.2 Å². The summed E-state index contributed by atoms with van der Waals surface area (Å²) in [5, 5.41) is 13.7. The number of carbonyl (C=O) groups is 3. The maximum Gasteiger partial charge on any atom is 0.328 e. The van der Waals surface area contributed by atoms with Crippen molar-refractivity contribution in [3.63, 3.8) is 0 Å². The van der Waals surface area contributed by atoms with Crippen LogP contribution in [0.25, 0.3) is 0 Å². The molecule has 10 heteroatoms. The highest BCUT2D eigenvalue weighted by Gasteiger charge is 2.29. The third-order valence-corrected chi connectivity index (χ3v) is 7.20. The maximum absolute atomic E-state index is 13.5. The SMILES string of the molecule is COC(=O)C(NC(=O)c1csc(C(=O)N(C)Cc2ccccc2C#N)c1N=CN1CCCCC1)C(C)C. The number of piperidine rings is 1. The van der Waals surface area contributed by atoms with Crippen molar-refractivity contribution < 1.29 is 19.1 Å². The zero-order valence-corrected chi connectivity index (χ0v) is 22.5. The fraction of sp³-hybridized carbons (Fsp3) is 0.444. The minimum atomic E-state index is -0.833. The molecule has 1 unspecified atom stereocenters. The van der Waals surface area contributed by atoms with Gasteiger partial charge in [-0.2, -0.15) is 5.26 Å². The van der Waals surface area contributed by atoms with Crippen molar-refractivity contribution in [3.8, 4) is 6.07 Å². The molecule has 3 rings (SSSR count). The van der Waals surface area contributed by atoms with Gasteiger partial charge in [-0.05, 0) is 36.8 Å². The number of hydrogen-bond donors (Lipinski definition) is 1. The predicted octanol–water partition coefficient (Wildman–Crippen LogP) is 3.97. The van der Waals surface area contributed by atoms with Crippen LogP contribution in [0.5, 0.6) is 0 Å². The van der Waals surface area contributed by atoms with Crippen LogP contribution in [-0.2, 0) is 16.1 Å². The van der Waals surface area contributed by atoms with E-state index in [1.165, 1.54) is 18.4 Å². The van der Waals surface area contributed by atoms with Crippen LogP contribution in [0.2, 0.25) is 0 Å². The van der Waals surface area contributed by atoms with Gasteiger partial charge in [0, 0.05) is 32.1 Å². The van der Waals surface area contributed by atoms with Crippen molar-refractivity contribution in [1.29, 1.82) is 5.26 Å². The molecule has 0 spiro atoms. The van der Waals surface area contributed by atoms with Crippen molar-refractivity contribution in [2.75, 3.05) is 27.2 Å². The molecule has 0 radical (unpaired) electrons. The Hall–Kier alpha value is -3.71. The lowest BCUT2D eigenvalue weighted by Gasteiger charge is -2.24. The van der Waals surface area contributed by atoms with Gasteiger partial charge >= 0.3 is 5.97 Å². The van der Waals surface area contributed by atoms with Gasteiger partial charge in [0.1, 0.15) is 16.6 Å². The molecule has 2 heterocycles. The van der Waals surface area contributed by atoms with E-state index in [9.17, 15) is 19.6 Å². The van der Waals surface area contributed by atoms with E-state index in [1.54, 1.807) is 30.9 Å². The van der Waals surface area contributed by atoms with Crippen LogP contribution in [0.1, 0.15) is 64.3 Å². The molecule has 1 saturated heterocycles. The third kappa shape index (κ3) is 6.95. The molecular formula is C27H33N5O4S. The molecule has 1 aromatic carbocycles. The fourth-order valence-electron chi connectivity index (χ4n) is 4.08. The average Bonchev–Trinajstić information content (AvgIpc) is 3.34. The van der Waals surface area contributed by atoms with Crippen LogP contribution < -0.4 is 5.32 Å². The van der Waals surface area contributed by atoms with E-state index in [4.69, 9.17) is 4.74 Å². The zero-order chi connectivity index (χ0) is 26.9. The smallest absolute Gasteiger partial charge is 0.328 e. The largest absolute Gasteiger partial charge is 0.467 e. The highest BCUT2D eigenvalue weighted by atomic mass is 32.1. The van der Waals surface area contributed by atoms with Gasteiger partial charge in [0.25, 0.3) is 11.8 Å². The first-order chi connectivity index (χ1) is 17.8. The molecule has 2 amide bonds. The Morgan fingerprint density at radius 1 is 1.24 bits per heavy atom. The molecule has 9 nitrogen and oxygen atoms in total. The molecule has 1 fully saturated rings. The number of esters is 1. The summed E-state index contributed by atoms with van der Waals surface area (Å²) in [7, 11) is 2.93. The standard InChI is InChI=1S/C27H33N5O4S/c1-18(2)22(27(35)36-4)30-25(33)21-16-37-24(23(21)29-17-32-12-8-5-9-13-32)26(34)31(3)15-20-11-7-6-10-19(20)14-28/h6-7,10-11,16-18,22H,5,8-9,12-13,15H2,1-4H3,(H,30,33). The lowest BCUT2D eigenvalue weighted by molar-refractivity contribution is -0.144. The number of hydrogen-bond acceptors (Lipinski definition) is 7. The molecule has 196 valence electrons. The van der Waals surface area contributed by atoms with Gasteiger partial charge in [0.15, 0.2) is 0 Å². The van der Waals surface area contributed by atoms with Crippen molar-refractivity contribution in [2.45, 2.75) is 45.7 Å². The lowest BCUT2D eigenvalue weighted by atomic mass is 10.0. The quantitative estimate of drug-likeness (QED) is 0.302. The van der Waals surface area contributed by atoms with Crippen LogP contribution >= 0.6 is 11.3 Å². The van der Waals surface area contributed by atoms with Gasteiger partial charge < -0.3 is 19.9 Å². The number of aliphatic imine (C=N–C) groups is 1. The highest BCUT2D eigenvalue weighted by molar-refractivity contribution is 7.13. The Bertz CT molecular complexity index is 1190. The Balaban J connectivity index is 1.92. The number of nitriles is 1. The lowest BCUT2D eigenvalue weighted by Crippen LogP contribution is -2.45. The highest BCUT2D eigenvalue weighted by Crippen LogP contribution is 2.33. The second kappa shape index (κ2) is 13.0. The summed E-state index contributed by atoms with van der Waals surface area (Å²) >= 11 is 1.13. The number of rotatable bonds is 9. The normalized spacial score (nSPS) is 14.3. The van der Waals surface area contributed by atoms with E-state index in [1.807, 2.05) is 26.0 Å². The summed E-state index contributed by atoms with van der Waals surface area (Å²) in [5.41, 5.74) is 1.72. The van der Waals surface area contributed by atoms with Gasteiger partial charge in [-0.3, -0.25) is 9.59 Å². The van der Waals surface area contributed by atoms with Crippen molar-refractivity contribution >= 4 is 41.1 Å². The molecule has 0 saturated carbocycles. The number of benzene rings is 1. The molecule has 1 atom stereocenters. The number of amides is 2. The fourth-order valence-corrected chi connectivity index (χ4v) is 5.06. The second-order valence-electron chi connectivity index (χ2n) is 9.32. The third-order valence-electron chi connectivity index (χ3n) is 6.24. The van der Waals surface area contributed by atoms with E-state index < -0.39 is 17.9 Å². The molecule has 1 aliphatic heterocycles. The van der Waals surface area contributed by atoms with Crippen molar-refractivity contribution in [2.24, 2.45) is 10.9 Å². The van der Waals surface area contributed by atoms with Gasteiger partial charge in [0.05, 0.1) is 30.6 Å². The summed E-state index contributed by atoms with van der Waals surface area (Å²) in [6, 6.07) is 8.44. The molecule has 37 heavy (non-hydrogen) atoms. The minimum absolute atomic E-state index is 0.192. The first-order valence-corrected chi connectivity index (χ1v) is 13.2. The van der Waals surface area contributed by atoms with Gasteiger partial charge in [-0.25, -0.2) is 9.79 Å². The molecular weight excluding hydrogens is 490 g/mol. The van der Waals surface area contributed by atoms with Crippen LogP contribution in [0.4, 0.5) is 5.69 Å². The molecule has 1 N–H and O–H groups in total. The number of ether oxygens (including phenoxy) is 1. The number of carbonyl (C=O) groups excluding carboxylic acids is 3. The monoisotopic (exact) mass is 523 g/mol. The number of likely N-dealkylation sites (tertiary alicyclic amines) is 1. The van der Waals surface area contributed by atoms with Crippen LogP contribution in [0.3, 0.4) is 0 Å². The Labute approximate surface area is 221 Å². The minimum Gasteiger partial charge on any atom is -0.467 e. The summed E-state index contributed by atoms with van der Waals surface area (Å²) < 4.78 is 4.85. The van der Waals surface area contributed by atoms with Crippen LogP contribution in [-0.4, -0.2) is 67.2 Å². The van der Waals surface area contributed by atoms with E-state index in [0.29, 0.717) is 10.4 Å². The van der Waals surface area contributed by atoms with Crippen LogP contribution in [0.15, 0.2) is 34.6 Å². The number of thiophene rings is 1. The van der Waals surface area contributed by atoms with Gasteiger partial charge in [-0.15, -0.1) is 11.3 Å². The predicted molar refractivity (Wildman–Crippen MR) is 143 cm³/mol. The first-order valence-electron chi connectivity index (χ1n) is 12.3. The number of nitrogens with zero attached hydrogens (tertiary/aromatic N) is 4. The molecule has 1 aliphatic rings. The second-order valence-corrected chi connectivity index (χ2v) is 10.2. The summed E-state index contributed by atoms with van der Waals surface area (Å²) in [6.07, 6.45) is 4.98. The average molecular weight is 524 g/mol. The van der Waals surface area contributed by atoms with Crippen LogP contribution in [0, 0.1) is 17.2 Å². The topological polar surface area (TPSA) is 115 Å². The Morgan fingerprint density at radius 3 is 2.59 bits per heavy atom. The van der Waals surface area contributed by atoms with E-state index in [0.717, 1.165) is 42.8 Å². The summed E-state index contributed by atoms with van der Waals surface area (Å²) in [5.74, 6) is -1.54.